The van der Waals surface area contributed by atoms with Gasteiger partial charge in [0.15, 0.2) is 0 Å². The molecule has 1 saturated heterocycles. The minimum Gasteiger partial charge on any atom is -0.467 e. The van der Waals surface area contributed by atoms with Crippen molar-refractivity contribution in [2.75, 3.05) is 13.7 Å². The summed E-state index contributed by atoms with van der Waals surface area (Å²) in [6.45, 7) is 0.488. The zero-order valence-corrected chi connectivity index (χ0v) is 7.93. The molecule has 1 N–H and O–H groups in total. The maximum absolute atomic E-state index is 5.59. The van der Waals surface area contributed by atoms with Gasteiger partial charge in [0, 0.05) is 7.05 Å². The van der Waals surface area contributed by atoms with E-state index in [1.54, 1.807) is 7.05 Å². The fourth-order valence-electron chi connectivity index (χ4n) is 1.23. The summed E-state index contributed by atoms with van der Waals surface area (Å²) in [5, 5.41) is 2.99. The Kier molecular flexibility index (Phi) is 2.53. The van der Waals surface area contributed by atoms with Gasteiger partial charge in [0.1, 0.15) is 12.4 Å². The highest BCUT2D eigenvalue weighted by atomic mass is 16.6. The maximum atomic E-state index is 5.59. The molecule has 4 nitrogen and oxygen atoms in total. The van der Waals surface area contributed by atoms with Crippen LogP contribution in [0.15, 0.2) is 35.3 Å². The first-order valence-electron chi connectivity index (χ1n) is 4.46. The van der Waals surface area contributed by atoms with Gasteiger partial charge >= 0.3 is 0 Å². The van der Waals surface area contributed by atoms with Crippen molar-refractivity contribution < 1.29 is 9.47 Å². The Morgan fingerprint density at radius 3 is 2.86 bits per heavy atom. The molecule has 1 aliphatic rings. The van der Waals surface area contributed by atoms with Crippen molar-refractivity contribution in [3.05, 3.63) is 30.3 Å². The van der Waals surface area contributed by atoms with Gasteiger partial charge < -0.3 is 14.8 Å². The second-order valence-electron chi connectivity index (χ2n) is 2.90. The molecular formula is C10H12N2O2. The summed E-state index contributed by atoms with van der Waals surface area (Å²) >= 11 is 0. The predicted octanol–water partition coefficient (Wildman–Crippen LogP) is 0.997. The van der Waals surface area contributed by atoms with Gasteiger partial charge in [0.2, 0.25) is 6.23 Å². The third kappa shape index (κ3) is 1.96. The zero-order valence-electron chi connectivity index (χ0n) is 7.93. The lowest BCUT2D eigenvalue weighted by atomic mass is 10.3. The van der Waals surface area contributed by atoms with Crippen LogP contribution in [0, 0.1) is 0 Å². The Hall–Kier alpha value is -1.71. The molecule has 74 valence electrons. The first kappa shape index (κ1) is 8.87. The van der Waals surface area contributed by atoms with Crippen LogP contribution in [0.2, 0.25) is 0 Å². The highest BCUT2D eigenvalue weighted by Gasteiger charge is 2.21. The first-order chi connectivity index (χ1) is 6.88. The molecule has 2 rings (SSSR count). The van der Waals surface area contributed by atoms with Crippen molar-refractivity contribution >= 4 is 6.02 Å². The topological polar surface area (TPSA) is 42.9 Å². The normalized spacial score (nSPS) is 22.9. The highest BCUT2D eigenvalue weighted by molar-refractivity contribution is 5.75. The Labute approximate surface area is 82.6 Å². The van der Waals surface area contributed by atoms with Crippen molar-refractivity contribution in [2.45, 2.75) is 6.23 Å². The van der Waals surface area contributed by atoms with Gasteiger partial charge in [-0.2, -0.15) is 0 Å². The summed E-state index contributed by atoms with van der Waals surface area (Å²) in [6.07, 6.45) is -0.143. The molecule has 4 heteroatoms. The molecule has 1 fully saturated rings. The third-order valence-corrected chi connectivity index (χ3v) is 1.88. The fraction of sp³-hybridized carbons (Fsp3) is 0.300. The molecule has 0 saturated carbocycles. The van der Waals surface area contributed by atoms with Crippen molar-refractivity contribution in [1.82, 2.24) is 5.32 Å². The SMILES string of the molecule is CN=C1NC(Oc2ccccc2)CO1. The van der Waals surface area contributed by atoms with E-state index in [1.807, 2.05) is 30.3 Å². The average Bonchev–Trinajstić information content (AvgIpc) is 2.67. The summed E-state index contributed by atoms with van der Waals surface area (Å²) in [6, 6.07) is 10.2. The quantitative estimate of drug-likeness (QED) is 0.760. The van der Waals surface area contributed by atoms with Crippen LogP contribution in [0.1, 0.15) is 0 Å². The van der Waals surface area contributed by atoms with Gasteiger partial charge in [-0.05, 0) is 12.1 Å². The summed E-state index contributed by atoms with van der Waals surface area (Å²) in [7, 11) is 1.67. The number of ether oxygens (including phenoxy) is 2. The minimum absolute atomic E-state index is 0.143. The molecule has 0 aromatic heterocycles. The lowest BCUT2D eigenvalue weighted by Crippen LogP contribution is -2.32. The largest absolute Gasteiger partial charge is 0.467 e. The molecule has 0 bridgehead atoms. The second kappa shape index (κ2) is 4.00. The second-order valence-corrected chi connectivity index (χ2v) is 2.90. The predicted molar refractivity (Wildman–Crippen MR) is 53.3 cm³/mol. The Balaban J connectivity index is 1.94. The number of aliphatic imine (C=N–C) groups is 1. The molecule has 1 heterocycles. The van der Waals surface area contributed by atoms with Crippen LogP contribution in [0.3, 0.4) is 0 Å². The number of benzene rings is 1. The lowest BCUT2D eigenvalue weighted by molar-refractivity contribution is 0.159. The van der Waals surface area contributed by atoms with Gasteiger partial charge in [-0.1, -0.05) is 18.2 Å². The highest BCUT2D eigenvalue weighted by Crippen LogP contribution is 2.11. The van der Waals surface area contributed by atoms with Gasteiger partial charge in [-0.3, -0.25) is 0 Å². The van der Waals surface area contributed by atoms with E-state index < -0.39 is 0 Å². The number of hydrogen-bond donors (Lipinski definition) is 1. The molecule has 0 spiro atoms. The molecule has 1 atom stereocenters. The summed E-state index contributed by atoms with van der Waals surface area (Å²) in [4.78, 5) is 3.88. The van der Waals surface area contributed by atoms with Gasteiger partial charge in [0.25, 0.3) is 6.02 Å². The molecule has 1 unspecified atom stereocenters. The summed E-state index contributed by atoms with van der Waals surface area (Å²) in [5.41, 5.74) is 0. The van der Waals surface area contributed by atoms with Crippen LogP contribution >= 0.6 is 0 Å². The smallest absolute Gasteiger partial charge is 0.287 e. The summed E-state index contributed by atoms with van der Waals surface area (Å²) < 4.78 is 10.8. The van der Waals surface area contributed by atoms with Crippen molar-refractivity contribution in [2.24, 2.45) is 4.99 Å². The van der Waals surface area contributed by atoms with Crippen LogP contribution in [-0.4, -0.2) is 25.9 Å². The van der Waals surface area contributed by atoms with Gasteiger partial charge in [-0.15, -0.1) is 0 Å². The first-order valence-corrected chi connectivity index (χ1v) is 4.46. The fourth-order valence-corrected chi connectivity index (χ4v) is 1.23. The number of nitrogens with zero attached hydrogens (tertiary/aromatic N) is 1. The minimum atomic E-state index is -0.143. The van der Waals surface area contributed by atoms with Crippen molar-refractivity contribution in [3.63, 3.8) is 0 Å². The van der Waals surface area contributed by atoms with Crippen LogP contribution in [0.25, 0.3) is 0 Å². The van der Waals surface area contributed by atoms with E-state index in [-0.39, 0.29) is 6.23 Å². The maximum Gasteiger partial charge on any atom is 0.287 e. The van der Waals surface area contributed by atoms with E-state index in [0.717, 1.165) is 5.75 Å². The molecule has 0 amide bonds. The number of para-hydroxylation sites is 1. The standard InChI is InChI=1S/C10H12N2O2/c1-11-10-12-9(7-13-10)14-8-5-3-2-4-6-8/h2-6,9H,7H2,1H3,(H,11,12). The van der Waals surface area contributed by atoms with Crippen LogP contribution in [0.5, 0.6) is 5.75 Å². The molecule has 14 heavy (non-hydrogen) atoms. The van der Waals surface area contributed by atoms with Crippen LogP contribution in [-0.2, 0) is 4.74 Å². The Morgan fingerprint density at radius 1 is 1.43 bits per heavy atom. The van der Waals surface area contributed by atoms with Crippen molar-refractivity contribution in [1.29, 1.82) is 0 Å². The molecule has 1 aromatic rings. The molecule has 0 aliphatic carbocycles. The number of hydrogen-bond acceptors (Lipinski definition) is 3. The number of nitrogens with one attached hydrogen (secondary N) is 1. The van der Waals surface area contributed by atoms with E-state index in [0.29, 0.717) is 12.6 Å². The average molecular weight is 192 g/mol. The molecule has 1 aromatic carbocycles. The van der Waals surface area contributed by atoms with E-state index in [2.05, 4.69) is 10.3 Å². The van der Waals surface area contributed by atoms with E-state index in [1.165, 1.54) is 0 Å². The number of rotatable bonds is 2. The van der Waals surface area contributed by atoms with Gasteiger partial charge in [-0.25, -0.2) is 4.99 Å². The van der Waals surface area contributed by atoms with Crippen LogP contribution in [0.4, 0.5) is 0 Å². The molecule has 0 radical (unpaired) electrons. The monoisotopic (exact) mass is 192 g/mol. The Morgan fingerprint density at radius 2 is 2.21 bits per heavy atom. The lowest BCUT2D eigenvalue weighted by Gasteiger charge is -2.10. The third-order valence-electron chi connectivity index (χ3n) is 1.88. The van der Waals surface area contributed by atoms with Gasteiger partial charge in [0.05, 0.1) is 0 Å². The zero-order chi connectivity index (χ0) is 9.80. The Bertz CT molecular complexity index is 324. The van der Waals surface area contributed by atoms with E-state index in [4.69, 9.17) is 9.47 Å². The van der Waals surface area contributed by atoms with E-state index >= 15 is 0 Å². The van der Waals surface area contributed by atoms with E-state index in [9.17, 15) is 0 Å². The van der Waals surface area contributed by atoms with Crippen molar-refractivity contribution in [3.8, 4) is 5.75 Å². The molecule has 1 aliphatic heterocycles. The molecular weight excluding hydrogens is 180 g/mol. The summed E-state index contributed by atoms with van der Waals surface area (Å²) in [5.74, 6) is 0.825. The van der Waals surface area contributed by atoms with Crippen LogP contribution < -0.4 is 10.1 Å². The number of amidine groups is 1.